The van der Waals surface area contributed by atoms with Gasteiger partial charge >= 0.3 is 5.97 Å². The summed E-state index contributed by atoms with van der Waals surface area (Å²) < 4.78 is 44.0. The van der Waals surface area contributed by atoms with Gasteiger partial charge < -0.3 is 14.9 Å². The van der Waals surface area contributed by atoms with E-state index in [1.807, 2.05) is 4.72 Å². The monoisotopic (exact) mass is 341 g/mol. The lowest BCUT2D eigenvalue weighted by Gasteiger charge is -2.12. The summed E-state index contributed by atoms with van der Waals surface area (Å²) in [5, 5.41) is 17.5. The van der Waals surface area contributed by atoms with E-state index in [0.717, 1.165) is 6.07 Å². The molecule has 118 valence electrons. The van der Waals surface area contributed by atoms with Crippen molar-refractivity contribution in [2.45, 2.75) is 11.0 Å². The number of hydrogen-bond donors (Lipinski definition) is 3. The number of hydrogen-bond acceptors (Lipinski definition) is 5. The standard InChI is InChI=1S/C11H13ClFNO6S/c1-20-5-6(15)4-14-21(18,19)7-2-8(11(16)17)10(12)9(13)3-7/h2-3,6,14-15H,4-5H2,1H3,(H,16,17). The molecule has 1 unspecified atom stereocenters. The van der Waals surface area contributed by atoms with Gasteiger partial charge in [-0.25, -0.2) is 22.3 Å². The van der Waals surface area contributed by atoms with Crippen molar-refractivity contribution in [2.75, 3.05) is 20.3 Å². The van der Waals surface area contributed by atoms with E-state index >= 15 is 0 Å². The zero-order valence-corrected chi connectivity index (χ0v) is 12.4. The second-order valence-electron chi connectivity index (χ2n) is 4.03. The van der Waals surface area contributed by atoms with E-state index in [9.17, 15) is 22.7 Å². The third-order valence-corrected chi connectivity index (χ3v) is 4.20. The number of aliphatic hydroxyl groups is 1. The average molecular weight is 342 g/mol. The van der Waals surface area contributed by atoms with Crippen LogP contribution in [-0.2, 0) is 14.8 Å². The first kappa shape index (κ1) is 17.8. The first-order valence-electron chi connectivity index (χ1n) is 5.58. The lowest BCUT2D eigenvalue weighted by atomic mass is 10.2. The fourth-order valence-electron chi connectivity index (χ4n) is 1.42. The van der Waals surface area contributed by atoms with E-state index in [2.05, 4.69) is 4.74 Å². The first-order valence-corrected chi connectivity index (χ1v) is 7.44. The summed E-state index contributed by atoms with van der Waals surface area (Å²) >= 11 is 5.45. The van der Waals surface area contributed by atoms with Crippen LogP contribution in [0.1, 0.15) is 10.4 Å². The number of benzene rings is 1. The van der Waals surface area contributed by atoms with Crippen molar-refractivity contribution in [1.29, 1.82) is 0 Å². The highest BCUT2D eigenvalue weighted by Gasteiger charge is 2.22. The van der Waals surface area contributed by atoms with Gasteiger partial charge in [-0.15, -0.1) is 0 Å². The Balaban J connectivity index is 3.06. The van der Waals surface area contributed by atoms with Gasteiger partial charge in [0.1, 0.15) is 5.82 Å². The minimum absolute atomic E-state index is 0.0993. The molecule has 21 heavy (non-hydrogen) atoms. The molecule has 1 atom stereocenters. The molecule has 0 amide bonds. The molecule has 0 bridgehead atoms. The minimum atomic E-state index is -4.20. The normalized spacial score (nSPS) is 13.1. The van der Waals surface area contributed by atoms with Crippen molar-refractivity contribution in [2.24, 2.45) is 0 Å². The molecule has 0 saturated carbocycles. The molecule has 10 heteroatoms. The number of ether oxygens (including phenoxy) is 1. The highest BCUT2D eigenvalue weighted by Crippen LogP contribution is 2.24. The van der Waals surface area contributed by atoms with E-state index in [-0.39, 0.29) is 13.2 Å². The van der Waals surface area contributed by atoms with E-state index in [1.54, 1.807) is 0 Å². The molecule has 0 aromatic heterocycles. The molecule has 0 aliphatic heterocycles. The Bertz CT molecular complexity index is 636. The van der Waals surface area contributed by atoms with Crippen LogP contribution in [0.25, 0.3) is 0 Å². The van der Waals surface area contributed by atoms with Gasteiger partial charge in [0.25, 0.3) is 0 Å². The van der Waals surface area contributed by atoms with Gasteiger partial charge in [0, 0.05) is 13.7 Å². The number of sulfonamides is 1. The number of rotatable bonds is 7. The average Bonchev–Trinajstić information content (AvgIpc) is 2.39. The van der Waals surface area contributed by atoms with Crippen LogP contribution in [0.2, 0.25) is 5.02 Å². The Morgan fingerprint density at radius 1 is 1.52 bits per heavy atom. The predicted octanol–water partition coefficient (Wildman–Crippen LogP) is 0.463. The van der Waals surface area contributed by atoms with Crippen molar-refractivity contribution in [3.8, 4) is 0 Å². The molecule has 1 aromatic rings. The quantitative estimate of drug-likeness (QED) is 0.664. The first-order chi connectivity index (χ1) is 9.69. The van der Waals surface area contributed by atoms with Gasteiger partial charge in [-0.2, -0.15) is 0 Å². The van der Waals surface area contributed by atoms with Gasteiger partial charge in [0.15, 0.2) is 0 Å². The minimum Gasteiger partial charge on any atom is -0.478 e. The van der Waals surface area contributed by atoms with Crippen molar-refractivity contribution >= 4 is 27.6 Å². The van der Waals surface area contributed by atoms with Crippen LogP contribution in [0.4, 0.5) is 4.39 Å². The summed E-state index contributed by atoms with van der Waals surface area (Å²) in [6.07, 6.45) is -1.10. The zero-order chi connectivity index (χ0) is 16.2. The fourth-order valence-corrected chi connectivity index (χ4v) is 2.72. The number of carboxylic acids is 1. The molecular formula is C11H13ClFNO6S. The van der Waals surface area contributed by atoms with Crippen LogP contribution >= 0.6 is 11.6 Å². The molecule has 0 spiro atoms. The van der Waals surface area contributed by atoms with Crippen molar-refractivity contribution in [1.82, 2.24) is 4.72 Å². The van der Waals surface area contributed by atoms with Crippen LogP contribution in [-0.4, -0.2) is 51.0 Å². The maximum atomic E-state index is 13.5. The summed E-state index contributed by atoms with van der Waals surface area (Å²) in [5.74, 6) is -2.73. The number of aromatic carboxylic acids is 1. The number of carboxylic acid groups (broad SMARTS) is 1. The van der Waals surface area contributed by atoms with E-state index < -0.39 is 43.4 Å². The summed E-state index contributed by atoms with van der Waals surface area (Å²) in [4.78, 5) is 10.3. The summed E-state index contributed by atoms with van der Waals surface area (Å²) in [6.45, 7) is -0.472. The van der Waals surface area contributed by atoms with Crippen molar-refractivity contribution < 1.29 is 32.6 Å². The van der Waals surface area contributed by atoms with Crippen molar-refractivity contribution in [3.05, 3.63) is 28.5 Å². The molecule has 0 radical (unpaired) electrons. The number of aliphatic hydroxyl groups excluding tert-OH is 1. The number of halogens is 2. The Kier molecular flexibility index (Phi) is 6.05. The summed E-state index contributed by atoms with van der Waals surface area (Å²) in [5.41, 5.74) is -0.672. The smallest absolute Gasteiger partial charge is 0.337 e. The Morgan fingerprint density at radius 3 is 2.67 bits per heavy atom. The molecule has 0 aliphatic rings. The highest BCUT2D eigenvalue weighted by molar-refractivity contribution is 7.89. The van der Waals surface area contributed by atoms with Crippen LogP contribution in [0, 0.1) is 5.82 Å². The topological polar surface area (TPSA) is 113 Å². The molecule has 0 aliphatic carbocycles. The number of nitrogens with one attached hydrogen (secondary N) is 1. The fraction of sp³-hybridized carbons (Fsp3) is 0.364. The maximum Gasteiger partial charge on any atom is 0.337 e. The van der Waals surface area contributed by atoms with Gasteiger partial charge in [0.2, 0.25) is 10.0 Å². The maximum absolute atomic E-state index is 13.5. The summed E-state index contributed by atoms with van der Waals surface area (Å²) in [7, 11) is -2.87. The van der Waals surface area contributed by atoms with Gasteiger partial charge in [-0.3, -0.25) is 0 Å². The largest absolute Gasteiger partial charge is 0.478 e. The molecular weight excluding hydrogens is 329 g/mol. The molecule has 3 N–H and O–H groups in total. The van der Waals surface area contributed by atoms with E-state index in [0.29, 0.717) is 6.07 Å². The summed E-state index contributed by atoms with van der Waals surface area (Å²) in [6, 6.07) is 1.33. The lowest BCUT2D eigenvalue weighted by Crippen LogP contribution is -2.34. The molecule has 0 heterocycles. The van der Waals surface area contributed by atoms with Crippen molar-refractivity contribution in [3.63, 3.8) is 0 Å². The second kappa shape index (κ2) is 7.14. The third-order valence-electron chi connectivity index (χ3n) is 2.41. The Hall–Kier alpha value is -1.26. The van der Waals surface area contributed by atoms with E-state index in [1.165, 1.54) is 7.11 Å². The van der Waals surface area contributed by atoms with Gasteiger partial charge in [-0.05, 0) is 12.1 Å². The van der Waals surface area contributed by atoms with Gasteiger partial charge in [-0.1, -0.05) is 11.6 Å². The predicted molar refractivity (Wildman–Crippen MR) is 71.4 cm³/mol. The van der Waals surface area contributed by atoms with E-state index in [4.69, 9.17) is 16.7 Å². The third kappa shape index (κ3) is 4.61. The van der Waals surface area contributed by atoms with Crippen LogP contribution in [0.15, 0.2) is 17.0 Å². The molecule has 0 fully saturated rings. The Labute approximate surface area is 125 Å². The Morgan fingerprint density at radius 2 is 2.14 bits per heavy atom. The number of methoxy groups -OCH3 is 1. The molecule has 0 saturated heterocycles. The molecule has 1 rings (SSSR count). The zero-order valence-electron chi connectivity index (χ0n) is 10.8. The number of carbonyl (C=O) groups is 1. The van der Waals surface area contributed by atoms with Gasteiger partial charge in [0.05, 0.1) is 28.2 Å². The molecule has 1 aromatic carbocycles. The second-order valence-corrected chi connectivity index (χ2v) is 6.18. The van der Waals surface area contributed by atoms with Crippen LogP contribution in [0.5, 0.6) is 0 Å². The van der Waals surface area contributed by atoms with Crippen LogP contribution in [0.3, 0.4) is 0 Å². The SMILES string of the molecule is COCC(O)CNS(=O)(=O)c1cc(F)c(Cl)c(C(=O)O)c1. The van der Waals surface area contributed by atoms with Crippen LogP contribution < -0.4 is 4.72 Å². The molecule has 7 nitrogen and oxygen atoms in total. The lowest BCUT2D eigenvalue weighted by molar-refractivity contribution is 0.0678. The highest BCUT2D eigenvalue weighted by atomic mass is 35.5.